The molecular formula is C17H14BrClN2O4S2. The summed E-state index contributed by atoms with van der Waals surface area (Å²) in [4.78, 5) is 16.9. The number of halogens is 2. The third kappa shape index (κ3) is 4.78. The molecule has 1 N–H and O–H groups in total. The zero-order valence-corrected chi connectivity index (χ0v) is 18.2. The number of thiazole rings is 1. The fourth-order valence-electron chi connectivity index (χ4n) is 2.21. The molecule has 3 aromatic rings. The average molecular weight is 490 g/mol. The first-order valence-electron chi connectivity index (χ1n) is 7.67. The van der Waals surface area contributed by atoms with E-state index in [0.717, 1.165) is 10.7 Å². The number of hydrogen-bond acceptors (Lipinski definition) is 6. The third-order valence-corrected chi connectivity index (χ3v) is 6.42. The Morgan fingerprint density at radius 1 is 1.30 bits per heavy atom. The molecule has 0 spiro atoms. The Balaban J connectivity index is 1.75. The van der Waals surface area contributed by atoms with Gasteiger partial charge in [-0.05, 0) is 43.3 Å². The average Bonchev–Trinajstić information content (AvgIpc) is 2.97. The lowest BCUT2D eigenvalue weighted by molar-refractivity contribution is -0.122. The minimum absolute atomic E-state index is 0.207. The lowest BCUT2D eigenvalue weighted by atomic mass is 10.3. The van der Waals surface area contributed by atoms with E-state index in [9.17, 15) is 13.2 Å². The van der Waals surface area contributed by atoms with E-state index in [-0.39, 0.29) is 4.90 Å². The maximum Gasteiger partial charge on any atom is 0.266 e. The number of fused-ring (bicyclic) bond motifs is 1. The van der Waals surface area contributed by atoms with Crippen LogP contribution in [0.2, 0.25) is 5.02 Å². The van der Waals surface area contributed by atoms with Crippen LogP contribution >= 0.6 is 38.9 Å². The molecule has 0 saturated carbocycles. The molecule has 1 aromatic heterocycles. The van der Waals surface area contributed by atoms with Crippen LogP contribution in [0.4, 0.5) is 5.13 Å². The van der Waals surface area contributed by atoms with Crippen molar-refractivity contribution in [1.82, 2.24) is 4.98 Å². The van der Waals surface area contributed by atoms with Crippen LogP contribution < -0.4 is 10.1 Å². The summed E-state index contributed by atoms with van der Waals surface area (Å²) in [6, 6.07) is 9.75. The minimum atomic E-state index is -3.31. The van der Waals surface area contributed by atoms with Crippen LogP contribution in [0.15, 0.2) is 45.8 Å². The SMILES string of the molecule is C[C@H](Oc1ccc(Br)cc1Cl)C(=O)Nc1nc2ccc(S(C)(=O)=O)cc2s1. The second-order valence-electron chi connectivity index (χ2n) is 5.74. The van der Waals surface area contributed by atoms with Crippen molar-refractivity contribution in [3.05, 3.63) is 45.9 Å². The number of sulfone groups is 1. The van der Waals surface area contributed by atoms with Crippen LogP contribution in [0.3, 0.4) is 0 Å². The van der Waals surface area contributed by atoms with Gasteiger partial charge in [0.05, 0.1) is 20.1 Å². The summed E-state index contributed by atoms with van der Waals surface area (Å²) < 4.78 is 30.4. The molecule has 3 rings (SSSR count). The van der Waals surface area contributed by atoms with Crippen molar-refractivity contribution in [2.24, 2.45) is 0 Å². The number of rotatable bonds is 5. The number of amides is 1. The first-order valence-corrected chi connectivity index (χ1v) is 11.5. The van der Waals surface area contributed by atoms with E-state index in [0.29, 0.717) is 26.1 Å². The quantitative estimate of drug-likeness (QED) is 0.569. The predicted octanol–water partition coefficient (Wildman–Crippen LogP) is 4.52. The lowest BCUT2D eigenvalue weighted by Crippen LogP contribution is -2.30. The highest BCUT2D eigenvalue weighted by atomic mass is 79.9. The number of carbonyl (C=O) groups is 1. The lowest BCUT2D eigenvalue weighted by Gasteiger charge is -2.14. The molecule has 0 fully saturated rings. The van der Waals surface area contributed by atoms with Gasteiger partial charge in [-0.25, -0.2) is 13.4 Å². The first kappa shape index (κ1) is 20.1. The van der Waals surface area contributed by atoms with Gasteiger partial charge >= 0.3 is 0 Å². The van der Waals surface area contributed by atoms with Crippen LogP contribution in [0.5, 0.6) is 5.75 Å². The van der Waals surface area contributed by atoms with Crippen LogP contribution in [0.1, 0.15) is 6.92 Å². The van der Waals surface area contributed by atoms with Gasteiger partial charge in [0.15, 0.2) is 21.1 Å². The van der Waals surface area contributed by atoms with Gasteiger partial charge in [0.1, 0.15) is 5.75 Å². The molecule has 0 aliphatic carbocycles. The van der Waals surface area contributed by atoms with Gasteiger partial charge in [-0.2, -0.15) is 0 Å². The maximum atomic E-state index is 12.4. The number of hydrogen-bond donors (Lipinski definition) is 1. The van der Waals surface area contributed by atoms with Gasteiger partial charge in [-0.3, -0.25) is 10.1 Å². The topological polar surface area (TPSA) is 85.4 Å². The normalized spacial score (nSPS) is 12.7. The van der Waals surface area contributed by atoms with E-state index in [1.165, 1.54) is 17.4 Å². The number of anilines is 1. The molecule has 0 unspecified atom stereocenters. The zero-order chi connectivity index (χ0) is 19.8. The molecule has 27 heavy (non-hydrogen) atoms. The van der Waals surface area contributed by atoms with Crippen LogP contribution in [-0.2, 0) is 14.6 Å². The molecular weight excluding hydrogens is 476 g/mol. The van der Waals surface area contributed by atoms with Crippen molar-refractivity contribution in [3.63, 3.8) is 0 Å². The minimum Gasteiger partial charge on any atom is -0.479 e. The Kier molecular flexibility index (Phi) is 5.76. The van der Waals surface area contributed by atoms with E-state index in [4.69, 9.17) is 16.3 Å². The van der Waals surface area contributed by atoms with Gasteiger partial charge < -0.3 is 4.74 Å². The second-order valence-corrected chi connectivity index (χ2v) is 10.1. The predicted molar refractivity (Wildman–Crippen MR) is 111 cm³/mol. The molecule has 1 amide bonds. The van der Waals surface area contributed by atoms with E-state index in [1.807, 2.05) is 0 Å². The highest BCUT2D eigenvalue weighted by molar-refractivity contribution is 9.10. The van der Waals surface area contributed by atoms with Crippen molar-refractivity contribution in [3.8, 4) is 5.75 Å². The summed E-state index contributed by atoms with van der Waals surface area (Å²) in [6.07, 6.45) is 0.340. The monoisotopic (exact) mass is 488 g/mol. The highest BCUT2D eigenvalue weighted by Crippen LogP contribution is 2.30. The fourth-order valence-corrected chi connectivity index (χ4v) is 4.56. The summed E-state index contributed by atoms with van der Waals surface area (Å²) in [6.45, 7) is 1.60. The van der Waals surface area contributed by atoms with Crippen molar-refractivity contribution >= 4 is 70.0 Å². The van der Waals surface area contributed by atoms with Crippen molar-refractivity contribution in [2.75, 3.05) is 11.6 Å². The molecule has 6 nitrogen and oxygen atoms in total. The number of nitrogens with zero attached hydrogens (tertiary/aromatic N) is 1. The van der Waals surface area contributed by atoms with Crippen molar-refractivity contribution in [2.45, 2.75) is 17.9 Å². The van der Waals surface area contributed by atoms with E-state index < -0.39 is 21.8 Å². The summed E-state index contributed by atoms with van der Waals surface area (Å²) in [7, 11) is -3.31. The van der Waals surface area contributed by atoms with E-state index in [1.54, 1.807) is 37.3 Å². The molecule has 0 bridgehead atoms. The fraction of sp³-hybridized carbons (Fsp3) is 0.176. The van der Waals surface area contributed by atoms with Crippen molar-refractivity contribution in [1.29, 1.82) is 0 Å². The molecule has 142 valence electrons. The second kappa shape index (κ2) is 7.75. The van der Waals surface area contributed by atoms with Crippen LogP contribution in [0, 0.1) is 0 Å². The first-order chi connectivity index (χ1) is 12.6. The maximum absolute atomic E-state index is 12.4. The van der Waals surface area contributed by atoms with E-state index >= 15 is 0 Å². The Morgan fingerprint density at radius 3 is 2.70 bits per heavy atom. The summed E-state index contributed by atoms with van der Waals surface area (Å²) in [5.41, 5.74) is 0.604. The van der Waals surface area contributed by atoms with Gasteiger partial charge in [0, 0.05) is 10.7 Å². The molecule has 1 heterocycles. The Bertz CT molecular complexity index is 1130. The highest BCUT2D eigenvalue weighted by Gasteiger charge is 2.18. The Labute approximate surface area is 173 Å². The molecule has 0 saturated heterocycles. The smallest absolute Gasteiger partial charge is 0.266 e. The standard InChI is InChI=1S/C17H14BrClN2O4S2/c1-9(25-14-6-3-10(18)7-12(14)19)16(22)21-17-20-13-5-4-11(27(2,23)24)8-15(13)26-17/h3-9H,1-2H3,(H,20,21,22)/t9-/m0/s1. The molecule has 10 heteroatoms. The van der Waals surface area contributed by atoms with Crippen LogP contribution in [0.25, 0.3) is 10.2 Å². The van der Waals surface area contributed by atoms with E-state index in [2.05, 4.69) is 26.2 Å². The van der Waals surface area contributed by atoms with Gasteiger partial charge in [0.25, 0.3) is 5.91 Å². The molecule has 0 aliphatic rings. The number of nitrogens with one attached hydrogen (secondary N) is 1. The molecule has 1 atom stereocenters. The summed E-state index contributed by atoms with van der Waals surface area (Å²) in [5.74, 6) is 0.000916. The van der Waals surface area contributed by atoms with Crippen LogP contribution in [-0.4, -0.2) is 31.7 Å². The summed E-state index contributed by atoms with van der Waals surface area (Å²) >= 11 is 10.6. The number of benzene rings is 2. The van der Waals surface area contributed by atoms with Gasteiger partial charge in [-0.15, -0.1) is 0 Å². The zero-order valence-electron chi connectivity index (χ0n) is 14.2. The van der Waals surface area contributed by atoms with Crippen molar-refractivity contribution < 1.29 is 17.9 Å². The summed E-state index contributed by atoms with van der Waals surface area (Å²) in [5, 5.41) is 3.43. The molecule has 0 radical (unpaired) electrons. The third-order valence-electron chi connectivity index (χ3n) is 3.59. The largest absolute Gasteiger partial charge is 0.479 e. The molecule has 2 aromatic carbocycles. The number of ether oxygens (including phenoxy) is 1. The van der Waals surface area contributed by atoms with Gasteiger partial charge in [0.2, 0.25) is 0 Å². The molecule has 0 aliphatic heterocycles. The Hall–Kier alpha value is -1.68. The number of carbonyl (C=O) groups excluding carboxylic acids is 1. The number of aromatic nitrogens is 1. The Morgan fingerprint density at radius 2 is 2.04 bits per heavy atom. The van der Waals surface area contributed by atoms with Gasteiger partial charge in [-0.1, -0.05) is 38.9 Å².